The number of rotatable bonds is 77. The van der Waals surface area contributed by atoms with Crippen molar-refractivity contribution in [2.75, 3.05) is 39.6 Å². The van der Waals surface area contributed by atoms with Gasteiger partial charge in [-0.2, -0.15) is 0 Å². The van der Waals surface area contributed by atoms with Gasteiger partial charge in [0.1, 0.15) is 25.4 Å². The number of aliphatic hydroxyl groups excluding tert-OH is 2. The standard InChI is InChI=1S/C87H148O16P2/c1-4-7-10-13-16-19-22-25-28-31-33-34-35-36-37-38-39-40-41-42-43-44-45-46-48-51-52-55-58-61-64-67-70-73-85(90)97-76-82(88)77-99-104(93,94)100-78-83(89)79-101-105(95,96)102-81-84(103-87(92)75-72-69-66-63-60-57-54-49-30-27-24-21-18-15-12-9-6-3)80-98-86(91)74-71-68-65-62-59-56-53-50-47-32-29-26-23-20-17-14-11-8-5-2/h7,9-10,12,16-21,25-30,33-34,36-37,39-40,47,50,82-84,88-89H,4-6,8,11,13-15,22-24,31-32,35,38,41-46,48-49,51-81H2,1-3H3,(H,93,94)(H,95,96)/b10-7-,12-9-,19-16-,20-17-,21-18-,28-25-,29-26-,30-27-,34-33-,37-36-,40-39-,50-47-. The van der Waals surface area contributed by atoms with Gasteiger partial charge in [0, 0.05) is 19.3 Å². The maximum atomic E-state index is 13.0. The molecular formula is C87H148O16P2. The number of aliphatic hydroxyl groups is 2. The second-order valence-corrected chi connectivity index (χ2v) is 30.1. The van der Waals surface area contributed by atoms with E-state index in [9.17, 15) is 43.5 Å². The molecule has 16 nitrogen and oxygen atoms in total. The summed E-state index contributed by atoms with van der Waals surface area (Å²) in [5, 5.41) is 20.7. The van der Waals surface area contributed by atoms with Crippen LogP contribution in [0.4, 0.5) is 0 Å². The van der Waals surface area contributed by atoms with E-state index in [1.54, 1.807) is 0 Å². The van der Waals surface area contributed by atoms with E-state index >= 15 is 0 Å². The fourth-order valence-electron chi connectivity index (χ4n) is 10.8. The quantitative estimate of drug-likeness (QED) is 0.0146. The molecule has 0 aliphatic heterocycles. The van der Waals surface area contributed by atoms with E-state index in [-0.39, 0.29) is 19.3 Å². The number of phosphoric ester groups is 2. The molecule has 4 N–H and O–H groups in total. The zero-order valence-electron chi connectivity index (χ0n) is 65.9. The number of carbonyl (C=O) groups excluding carboxylic acids is 3. The second kappa shape index (κ2) is 79.0. The van der Waals surface area contributed by atoms with Crippen molar-refractivity contribution < 1.29 is 75.8 Å². The molecule has 105 heavy (non-hydrogen) atoms. The minimum atomic E-state index is -4.94. The predicted molar refractivity (Wildman–Crippen MR) is 436 cm³/mol. The van der Waals surface area contributed by atoms with E-state index in [0.717, 1.165) is 186 Å². The van der Waals surface area contributed by atoms with Gasteiger partial charge in [-0.1, -0.05) is 314 Å². The van der Waals surface area contributed by atoms with Gasteiger partial charge in [-0.15, -0.1) is 0 Å². The lowest BCUT2D eigenvalue weighted by Gasteiger charge is -2.21. The molecule has 0 radical (unpaired) electrons. The summed E-state index contributed by atoms with van der Waals surface area (Å²) in [6.07, 6.45) is 97.5. The number of hydrogen-bond acceptors (Lipinski definition) is 14. The van der Waals surface area contributed by atoms with Gasteiger partial charge >= 0.3 is 33.6 Å². The summed E-state index contributed by atoms with van der Waals surface area (Å²) < 4.78 is 61.2. The number of esters is 3. The molecule has 0 saturated heterocycles. The highest BCUT2D eigenvalue weighted by Crippen LogP contribution is 2.45. The Hall–Kier alpha value is -4.57. The molecule has 0 bridgehead atoms. The smallest absolute Gasteiger partial charge is 0.463 e. The highest BCUT2D eigenvalue weighted by Gasteiger charge is 2.29. The minimum absolute atomic E-state index is 0.0878. The van der Waals surface area contributed by atoms with Gasteiger partial charge in [-0.05, 0) is 141 Å². The Kier molecular flexibility index (Phi) is 75.6. The van der Waals surface area contributed by atoms with Crippen molar-refractivity contribution in [3.05, 3.63) is 146 Å². The fraction of sp³-hybridized carbons (Fsp3) is 0.690. The van der Waals surface area contributed by atoms with E-state index in [0.29, 0.717) is 19.3 Å². The van der Waals surface area contributed by atoms with Crippen LogP contribution in [0.25, 0.3) is 0 Å². The molecule has 0 aromatic rings. The first-order valence-corrected chi connectivity index (χ1v) is 44.1. The van der Waals surface area contributed by atoms with Crippen LogP contribution in [0.5, 0.6) is 0 Å². The summed E-state index contributed by atoms with van der Waals surface area (Å²) in [5.74, 6) is -1.60. The molecular weight excluding hydrogens is 1360 g/mol. The molecule has 0 rings (SSSR count). The van der Waals surface area contributed by atoms with Gasteiger partial charge in [-0.3, -0.25) is 32.5 Å². The van der Waals surface area contributed by atoms with Crippen LogP contribution in [-0.4, -0.2) is 95.9 Å². The lowest BCUT2D eigenvalue weighted by atomic mass is 10.0. The Balaban J connectivity index is 4.49. The molecule has 0 heterocycles. The summed E-state index contributed by atoms with van der Waals surface area (Å²) in [5.41, 5.74) is 0. The fourth-order valence-corrected chi connectivity index (χ4v) is 12.4. The van der Waals surface area contributed by atoms with E-state index in [1.165, 1.54) is 83.5 Å². The van der Waals surface area contributed by atoms with Gasteiger partial charge in [-0.25, -0.2) is 9.13 Å². The summed E-state index contributed by atoms with van der Waals surface area (Å²) in [7, 11) is -9.80. The van der Waals surface area contributed by atoms with E-state index in [1.807, 2.05) is 0 Å². The van der Waals surface area contributed by atoms with Crippen molar-refractivity contribution in [1.82, 2.24) is 0 Å². The zero-order chi connectivity index (χ0) is 76.6. The number of ether oxygens (including phenoxy) is 3. The molecule has 0 aliphatic carbocycles. The molecule has 0 fully saturated rings. The summed E-state index contributed by atoms with van der Waals surface area (Å²) in [6.45, 7) is 2.42. The first-order chi connectivity index (χ1) is 51.2. The van der Waals surface area contributed by atoms with Gasteiger partial charge < -0.3 is 34.2 Å². The van der Waals surface area contributed by atoms with Crippen molar-refractivity contribution >= 4 is 33.6 Å². The van der Waals surface area contributed by atoms with Crippen LogP contribution in [-0.2, 0) is 55.8 Å². The monoisotopic (exact) mass is 1510 g/mol. The highest BCUT2D eigenvalue weighted by molar-refractivity contribution is 7.47. The van der Waals surface area contributed by atoms with Crippen molar-refractivity contribution in [3.63, 3.8) is 0 Å². The molecule has 0 amide bonds. The van der Waals surface area contributed by atoms with Crippen LogP contribution in [0.15, 0.2) is 146 Å². The van der Waals surface area contributed by atoms with Crippen LogP contribution in [0, 0.1) is 0 Å². The third kappa shape index (κ3) is 80.3. The number of hydrogen-bond donors (Lipinski definition) is 4. The molecule has 0 aromatic heterocycles. The minimum Gasteiger partial charge on any atom is -0.463 e. The Bertz CT molecular complexity index is 2490. The van der Waals surface area contributed by atoms with Crippen LogP contribution in [0.1, 0.15) is 329 Å². The Labute approximate surface area is 638 Å². The summed E-state index contributed by atoms with van der Waals surface area (Å²) in [6, 6.07) is 0. The van der Waals surface area contributed by atoms with Gasteiger partial charge in [0.2, 0.25) is 0 Å². The molecule has 0 aromatic carbocycles. The van der Waals surface area contributed by atoms with Crippen molar-refractivity contribution in [2.24, 2.45) is 0 Å². The average Bonchev–Trinajstić information content (AvgIpc) is 0.911. The number of phosphoric acid groups is 2. The maximum Gasteiger partial charge on any atom is 0.472 e. The zero-order valence-corrected chi connectivity index (χ0v) is 67.6. The number of unbranched alkanes of at least 4 members (excludes halogenated alkanes) is 30. The van der Waals surface area contributed by atoms with Gasteiger partial charge in [0.15, 0.2) is 6.10 Å². The molecule has 0 aliphatic rings. The van der Waals surface area contributed by atoms with E-state index in [4.69, 9.17) is 32.3 Å². The summed E-state index contributed by atoms with van der Waals surface area (Å²) in [4.78, 5) is 58.7. The van der Waals surface area contributed by atoms with Gasteiger partial charge in [0.25, 0.3) is 0 Å². The van der Waals surface area contributed by atoms with Crippen LogP contribution in [0.3, 0.4) is 0 Å². The molecule has 18 heteroatoms. The molecule has 5 unspecified atom stereocenters. The Morgan fingerprint density at radius 1 is 0.276 bits per heavy atom. The van der Waals surface area contributed by atoms with Crippen molar-refractivity contribution in [2.45, 2.75) is 347 Å². The van der Waals surface area contributed by atoms with Crippen LogP contribution in [0.2, 0.25) is 0 Å². The normalized spacial score (nSPS) is 14.7. The van der Waals surface area contributed by atoms with E-state index < -0.39 is 91.5 Å². The molecule has 602 valence electrons. The second-order valence-electron chi connectivity index (χ2n) is 27.2. The Morgan fingerprint density at radius 2 is 0.505 bits per heavy atom. The number of carbonyl (C=O) groups is 3. The molecule has 5 atom stereocenters. The van der Waals surface area contributed by atoms with Crippen molar-refractivity contribution in [3.8, 4) is 0 Å². The van der Waals surface area contributed by atoms with Crippen molar-refractivity contribution in [1.29, 1.82) is 0 Å². The SMILES string of the molecule is CC/C=C\C/C=C\C/C=C\C/C=C\C/C=C\C/C=C\CCCCCCCCCCCCCCCCC(=O)OCC(O)COP(=O)(O)OCC(O)COP(=O)(O)OCC(COC(=O)CCCCCCCC/C=C\C/C=C\C/C=C\CCCCC)OC(=O)CCCCCCCCC/C=C\C/C=C\C/C=C\CC. The summed E-state index contributed by atoms with van der Waals surface area (Å²) >= 11 is 0. The lowest BCUT2D eigenvalue weighted by molar-refractivity contribution is -0.161. The predicted octanol–water partition coefficient (Wildman–Crippen LogP) is 24.4. The van der Waals surface area contributed by atoms with Crippen LogP contribution < -0.4 is 0 Å². The topological polar surface area (TPSA) is 231 Å². The lowest BCUT2D eigenvalue weighted by Crippen LogP contribution is -2.30. The first kappa shape index (κ1) is 100. The Morgan fingerprint density at radius 3 is 0.800 bits per heavy atom. The first-order valence-electron chi connectivity index (χ1n) is 41.1. The molecule has 0 saturated carbocycles. The van der Waals surface area contributed by atoms with Crippen LogP contribution >= 0.6 is 15.6 Å². The maximum absolute atomic E-state index is 13.0. The third-order valence-corrected chi connectivity index (χ3v) is 18.9. The molecule has 0 spiro atoms. The largest absolute Gasteiger partial charge is 0.472 e. The number of allylic oxidation sites excluding steroid dienone is 24. The third-order valence-electron chi connectivity index (χ3n) is 17.0. The average molecular weight is 1510 g/mol. The van der Waals surface area contributed by atoms with E-state index in [2.05, 4.69) is 167 Å². The van der Waals surface area contributed by atoms with Gasteiger partial charge in [0.05, 0.1) is 26.4 Å². The highest BCUT2D eigenvalue weighted by atomic mass is 31.2.